The van der Waals surface area contributed by atoms with Crippen molar-refractivity contribution in [2.75, 3.05) is 17.7 Å². The number of anilines is 2. The summed E-state index contributed by atoms with van der Waals surface area (Å²) in [7, 11) is 1.57. The molecular weight excluding hydrogens is 677 g/mol. The number of nitrogens with one attached hydrogen (secondary N) is 3. The topological polar surface area (TPSA) is 120 Å². The molecule has 1 heterocycles. The number of benzene rings is 4. The van der Waals surface area contributed by atoms with E-state index in [-0.39, 0.29) is 11.6 Å². The molecule has 0 saturated heterocycles. The molecule has 1 aliphatic carbocycles. The number of methoxy groups -OCH3 is 1. The summed E-state index contributed by atoms with van der Waals surface area (Å²) < 4.78 is 5.24. The molecule has 0 bridgehead atoms. The van der Waals surface area contributed by atoms with E-state index in [1.165, 1.54) is 28.7 Å². The Hall–Kier alpha value is -5.63. The Kier molecular flexibility index (Phi) is 11.3. The molecule has 4 aromatic carbocycles. The molecule has 3 N–H and O–H groups in total. The van der Waals surface area contributed by atoms with Crippen LogP contribution in [0.3, 0.4) is 0 Å². The van der Waals surface area contributed by atoms with Crippen molar-refractivity contribution in [3.8, 4) is 11.8 Å². The maximum Gasteiger partial charge on any atom is 0.272 e. The molecule has 1 aliphatic rings. The number of hydrogen-bond acceptors (Lipinski definition) is 7. The number of hydrogen-bond donors (Lipinski definition) is 3. The molecule has 0 aliphatic heterocycles. The number of fused-ring (bicyclic) bond motifs is 1. The molecule has 3 amide bonds. The van der Waals surface area contributed by atoms with Crippen molar-refractivity contribution in [1.29, 1.82) is 5.26 Å². The summed E-state index contributed by atoms with van der Waals surface area (Å²) >= 11 is 2.84. The van der Waals surface area contributed by atoms with Crippen molar-refractivity contribution in [1.82, 2.24) is 5.32 Å². The van der Waals surface area contributed by atoms with Gasteiger partial charge in [0.05, 0.1) is 17.9 Å². The van der Waals surface area contributed by atoms with E-state index in [2.05, 4.69) is 46.3 Å². The van der Waals surface area contributed by atoms with Crippen molar-refractivity contribution < 1.29 is 19.1 Å². The van der Waals surface area contributed by atoms with Gasteiger partial charge in [0.1, 0.15) is 22.5 Å². The van der Waals surface area contributed by atoms with Crippen LogP contribution in [-0.4, -0.2) is 30.1 Å². The van der Waals surface area contributed by atoms with Crippen LogP contribution in [0.1, 0.15) is 56.8 Å². The summed E-state index contributed by atoms with van der Waals surface area (Å²) in [4.78, 5) is 41.9. The number of nitriles is 1. The summed E-state index contributed by atoms with van der Waals surface area (Å²) in [5, 5.41) is 18.8. The Morgan fingerprint density at radius 1 is 0.941 bits per heavy atom. The van der Waals surface area contributed by atoms with Gasteiger partial charge in [0, 0.05) is 21.0 Å². The number of thiophene rings is 1. The molecule has 2 unspecified atom stereocenters. The molecule has 0 radical (unpaired) electrons. The van der Waals surface area contributed by atoms with Crippen molar-refractivity contribution in [2.24, 2.45) is 0 Å². The van der Waals surface area contributed by atoms with Gasteiger partial charge in [-0.1, -0.05) is 66.7 Å². The molecule has 1 aromatic heterocycles. The lowest BCUT2D eigenvalue weighted by Crippen LogP contribution is -2.30. The normalized spacial score (nSPS) is 14.4. The second kappa shape index (κ2) is 16.4. The van der Waals surface area contributed by atoms with Crippen LogP contribution in [0.2, 0.25) is 0 Å². The van der Waals surface area contributed by atoms with E-state index in [0.717, 1.165) is 34.6 Å². The zero-order chi connectivity index (χ0) is 35.7. The first kappa shape index (κ1) is 35.2. The van der Waals surface area contributed by atoms with Gasteiger partial charge in [-0.15, -0.1) is 23.1 Å². The molecule has 256 valence electrons. The van der Waals surface area contributed by atoms with Crippen molar-refractivity contribution in [2.45, 2.75) is 42.2 Å². The van der Waals surface area contributed by atoms with Crippen LogP contribution in [0.15, 0.2) is 120 Å². The number of carbonyl (C=O) groups is 3. The highest BCUT2D eigenvalue weighted by Crippen LogP contribution is 2.42. The SMILES string of the molecule is COc1ccc(/C=C(/NC(=O)c2ccccc2)C(=O)Nc2cccc(SC(C)C(=O)Nc3sc4c(c3C#N)CCC(c3ccccc3)C4)c2)cc1. The second-order valence-electron chi connectivity index (χ2n) is 12.1. The average molecular weight is 713 g/mol. The van der Waals surface area contributed by atoms with Crippen LogP contribution in [0.4, 0.5) is 10.7 Å². The Labute approximate surface area is 305 Å². The van der Waals surface area contributed by atoms with E-state index >= 15 is 0 Å². The lowest BCUT2D eigenvalue weighted by Gasteiger charge is -2.22. The predicted octanol–water partition coefficient (Wildman–Crippen LogP) is 8.43. The summed E-state index contributed by atoms with van der Waals surface area (Å²) in [6, 6.07) is 35.7. The first-order chi connectivity index (χ1) is 24.8. The van der Waals surface area contributed by atoms with Crippen LogP contribution in [0.5, 0.6) is 5.75 Å². The monoisotopic (exact) mass is 712 g/mol. The highest BCUT2D eigenvalue weighted by atomic mass is 32.2. The Bertz CT molecular complexity index is 2110. The molecule has 2 atom stereocenters. The van der Waals surface area contributed by atoms with Gasteiger partial charge in [-0.25, -0.2) is 0 Å². The third-order valence-corrected chi connectivity index (χ3v) is 10.9. The smallest absolute Gasteiger partial charge is 0.272 e. The van der Waals surface area contributed by atoms with Crippen LogP contribution < -0.4 is 20.7 Å². The molecule has 0 fully saturated rings. The van der Waals surface area contributed by atoms with Crippen molar-refractivity contribution in [3.05, 3.63) is 148 Å². The summed E-state index contributed by atoms with van der Waals surface area (Å²) in [6.45, 7) is 1.81. The molecule has 6 rings (SSSR count). The third-order valence-electron chi connectivity index (χ3n) is 8.61. The van der Waals surface area contributed by atoms with E-state index in [9.17, 15) is 19.6 Å². The lowest BCUT2D eigenvalue weighted by molar-refractivity contribution is -0.115. The Balaban J connectivity index is 1.13. The molecule has 0 spiro atoms. The number of nitrogens with zero attached hydrogens (tertiary/aromatic N) is 1. The Morgan fingerprint density at radius 3 is 2.37 bits per heavy atom. The fourth-order valence-corrected chi connectivity index (χ4v) is 8.14. The van der Waals surface area contributed by atoms with E-state index in [4.69, 9.17) is 4.74 Å². The molecular formula is C41H36N4O4S2. The minimum atomic E-state index is -0.511. The fourth-order valence-electron chi connectivity index (χ4n) is 5.93. The van der Waals surface area contributed by atoms with Gasteiger partial charge >= 0.3 is 0 Å². The van der Waals surface area contributed by atoms with Gasteiger partial charge in [-0.05, 0) is 97.3 Å². The number of thioether (sulfide) groups is 1. The molecule has 8 nitrogen and oxygen atoms in total. The number of amides is 3. The zero-order valence-electron chi connectivity index (χ0n) is 28.1. The average Bonchev–Trinajstić information content (AvgIpc) is 3.51. The molecule has 0 saturated carbocycles. The van der Waals surface area contributed by atoms with Gasteiger partial charge < -0.3 is 20.7 Å². The maximum absolute atomic E-state index is 13.6. The van der Waals surface area contributed by atoms with Gasteiger partial charge in [-0.3, -0.25) is 14.4 Å². The molecule has 51 heavy (non-hydrogen) atoms. The third kappa shape index (κ3) is 8.76. The van der Waals surface area contributed by atoms with Crippen molar-refractivity contribution >= 4 is 57.6 Å². The number of ether oxygens (including phenoxy) is 1. The largest absolute Gasteiger partial charge is 0.497 e. The quantitative estimate of drug-likeness (QED) is 0.0934. The summed E-state index contributed by atoms with van der Waals surface area (Å²) in [5.41, 5.74) is 4.58. The summed E-state index contributed by atoms with van der Waals surface area (Å²) in [5.74, 6) is -0.0814. The maximum atomic E-state index is 13.6. The van der Waals surface area contributed by atoms with E-state index in [0.29, 0.717) is 39.0 Å². The van der Waals surface area contributed by atoms with E-state index < -0.39 is 17.1 Å². The first-order valence-corrected chi connectivity index (χ1v) is 18.2. The minimum Gasteiger partial charge on any atom is -0.497 e. The van der Waals surface area contributed by atoms with Gasteiger partial charge in [0.25, 0.3) is 11.8 Å². The fraction of sp³-hybridized carbons (Fsp3) is 0.171. The van der Waals surface area contributed by atoms with Crippen molar-refractivity contribution in [3.63, 3.8) is 0 Å². The lowest BCUT2D eigenvalue weighted by atomic mass is 9.83. The summed E-state index contributed by atoms with van der Waals surface area (Å²) in [6.07, 6.45) is 4.22. The van der Waals surface area contributed by atoms with Crippen LogP contribution in [-0.2, 0) is 22.4 Å². The van der Waals surface area contributed by atoms with E-state index in [1.54, 1.807) is 79.9 Å². The highest BCUT2D eigenvalue weighted by molar-refractivity contribution is 8.00. The first-order valence-electron chi connectivity index (χ1n) is 16.5. The highest BCUT2D eigenvalue weighted by Gasteiger charge is 2.28. The zero-order valence-corrected chi connectivity index (χ0v) is 29.8. The van der Waals surface area contributed by atoms with Gasteiger partial charge in [0.2, 0.25) is 5.91 Å². The van der Waals surface area contributed by atoms with E-state index in [1.807, 2.05) is 25.1 Å². The second-order valence-corrected chi connectivity index (χ2v) is 14.6. The Morgan fingerprint density at radius 2 is 1.67 bits per heavy atom. The minimum absolute atomic E-state index is 0.0573. The molecule has 10 heteroatoms. The predicted molar refractivity (Wildman–Crippen MR) is 204 cm³/mol. The van der Waals surface area contributed by atoms with Crippen LogP contribution in [0.25, 0.3) is 6.08 Å². The van der Waals surface area contributed by atoms with Crippen LogP contribution >= 0.6 is 23.1 Å². The van der Waals surface area contributed by atoms with Crippen LogP contribution in [0, 0.1) is 11.3 Å². The number of rotatable bonds is 11. The van der Waals surface area contributed by atoms with Gasteiger partial charge in [0.15, 0.2) is 0 Å². The number of carbonyl (C=O) groups excluding carboxylic acids is 3. The molecule has 5 aromatic rings. The van der Waals surface area contributed by atoms with Gasteiger partial charge in [-0.2, -0.15) is 5.26 Å². The standard InChI is InChI=1S/C41H36N4O4S2/c1-26(38(46)45-41-35(25-42)34-21-18-30(23-37(34)51-41)28-10-5-3-6-11-28)50-33-15-9-14-31(24-33)43-40(48)36(22-27-16-19-32(49-2)20-17-27)44-39(47)29-12-7-4-8-13-29/h3-17,19-20,22,24,26,30H,18,21,23H2,1-2H3,(H,43,48)(H,44,47)(H,45,46)/b36-22+.